The van der Waals surface area contributed by atoms with E-state index in [2.05, 4.69) is 4.98 Å². The molecule has 5 rings (SSSR count). The van der Waals surface area contributed by atoms with E-state index in [1.807, 2.05) is 97.9 Å². The van der Waals surface area contributed by atoms with E-state index in [4.69, 9.17) is 21.7 Å². The van der Waals surface area contributed by atoms with Gasteiger partial charge in [0.05, 0.1) is 12.7 Å². The van der Waals surface area contributed by atoms with Crippen LogP contribution in [0.3, 0.4) is 0 Å². The maximum absolute atomic E-state index is 12.5. The summed E-state index contributed by atoms with van der Waals surface area (Å²) in [5.41, 5.74) is 2.38. The molecule has 36 heavy (non-hydrogen) atoms. The zero-order valence-corrected chi connectivity index (χ0v) is 20.7. The van der Waals surface area contributed by atoms with Gasteiger partial charge in [0.2, 0.25) is 0 Å². The van der Waals surface area contributed by atoms with Crippen LogP contribution in [0.1, 0.15) is 34.9 Å². The van der Waals surface area contributed by atoms with Crippen LogP contribution in [-0.4, -0.2) is 33.5 Å². The normalized spacial score (nSPS) is 19.9. The number of aliphatic hydroxyl groups is 1. The highest BCUT2D eigenvalue weighted by Gasteiger charge is 2.41. The summed E-state index contributed by atoms with van der Waals surface area (Å²) in [4.78, 5) is 15.2. The lowest BCUT2D eigenvalue weighted by Gasteiger charge is -2.37. The first-order valence-electron chi connectivity index (χ1n) is 11.9. The second-order valence-corrected chi connectivity index (χ2v) is 9.41. The number of aryl methyl sites for hydroxylation is 1. The Morgan fingerprint density at radius 3 is 1.97 bits per heavy atom. The van der Waals surface area contributed by atoms with Gasteiger partial charge in [0.15, 0.2) is 0 Å². The van der Waals surface area contributed by atoms with E-state index in [0.29, 0.717) is 4.64 Å². The molecular weight excluding hydrogens is 472 g/mol. The van der Waals surface area contributed by atoms with Crippen LogP contribution in [-0.2, 0) is 15.1 Å². The van der Waals surface area contributed by atoms with Crippen LogP contribution in [0.4, 0.5) is 0 Å². The van der Waals surface area contributed by atoms with Crippen molar-refractivity contribution in [1.29, 1.82) is 0 Å². The number of nitrogens with zero attached hydrogens (tertiary/aromatic N) is 1. The molecule has 0 radical (unpaired) electrons. The Morgan fingerprint density at radius 2 is 1.47 bits per heavy atom. The summed E-state index contributed by atoms with van der Waals surface area (Å²) in [6.45, 7) is 1.95. The van der Waals surface area contributed by atoms with Crippen LogP contribution in [0.2, 0.25) is 0 Å². The van der Waals surface area contributed by atoms with E-state index in [1.54, 1.807) is 6.20 Å². The predicted octanol–water partition coefficient (Wildman–Crippen LogP) is 4.87. The number of H-pyrrole nitrogens is 1. The summed E-state index contributed by atoms with van der Waals surface area (Å²) in [7, 11) is 0. The molecule has 0 spiro atoms. The highest BCUT2D eigenvalue weighted by molar-refractivity contribution is 7.71. The van der Waals surface area contributed by atoms with Crippen molar-refractivity contribution in [3.8, 4) is 0 Å². The van der Waals surface area contributed by atoms with Gasteiger partial charge in [-0.3, -0.25) is 9.55 Å². The van der Waals surface area contributed by atoms with Gasteiger partial charge in [-0.2, -0.15) is 0 Å². The standard InChI is InChI=1S/C29H28N2O4S/c1-20-18-31(28(33)30-27(20)36)26-17-24(32)25(35-26)19-34-29(21-11-5-2-6-12-21,22-13-7-3-8-14-22)23-15-9-4-10-16-23/h2-16,18,24-26,32H,17,19H2,1H3,(H,30,33,36)/t24?,25-,26-/m1/s1. The second kappa shape index (κ2) is 10.3. The van der Waals surface area contributed by atoms with E-state index in [-0.39, 0.29) is 18.7 Å². The average molecular weight is 501 g/mol. The SMILES string of the molecule is Cc1cn([C@H]2CC(O)[C@@H](COC(c3ccccc3)(c3ccccc3)c3ccccc3)O2)c(=O)[nH]c1=S. The Hall–Kier alpha value is -3.36. The molecule has 1 saturated heterocycles. The van der Waals surface area contributed by atoms with Crippen molar-refractivity contribution in [3.63, 3.8) is 0 Å². The molecule has 1 aliphatic heterocycles. The molecule has 0 bridgehead atoms. The highest BCUT2D eigenvalue weighted by Crippen LogP contribution is 2.41. The number of ether oxygens (including phenoxy) is 2. The molecule has 7 heteroatoms. The fourth-order valence-electron chi connectivity index (χ4n) is 4.81. The minimum Gasteiger partial charge on any atom is -0.390 e. The lowest BCUT2D eigenvalue weighted by atomic mass is 9.80. The van der Waals surface area contributed by atoms with Crippen LogP contribution >= 0.6 is 12.2 Å². The van der Waals surface area contributed by atoms with E-state index in [9.17, 15) is 9.90 Å². The number of hydrogen-bond acceptors (Lipinski definition) is 5. The maximum Gasteiger partial charge on any atom is 0.328 e. The van der Waals surface area contributed by atoms with Gasteiger partial charge in [0.1, 0.15) is 22.6 Å². The number of aliphatic hydroxyl groups excluding tert-OH is 1. The van der Waals surface area contributed by atoms with Crippen LogP contribution in [0, 0.1) is 11.6 Å². The van der Waals surface area contributed by atoms with Gasteiger partial charge < -0.3 is 14.6 Å². The summed E-state index contributed by atoms with van der Waals surface area (Å²) in [6.07, 6.45) is -0.102. The van der Waals surface area contributed by atoms with Crippen molar-refractivity contribution in [2.45, 2.75) is 37.4 Å². The highest BCUT2D eigenvalue weighted by atomic mass is 32.1. The quantitative estimate of drug-likeness (QED) is 0.280. The molecule has 1 fully saturated rings. The maximum atomic E-state index is 12.5. The van der Waals surface area contributed by atoms with Gasteiger partial charge in [0, 0.05) is 18.2 Å². The van der Waals surface area contributed by atoms with Crippen LogP contribution in [0.5, 0.6) is 0 Å². The van der Waals surface area contributed by atoms with Crippen LogP contribution in [0.25, 0.3) is 0 Å². The molecule has 6 nitrogen and oxygen atoms in total. The van der Waals surface area contributed by atoms with Crippen LogP contribution < -0.4 is 5.69 Å². The van der Waals surface area contributed by atoms with Gasteiger partial charge in [-0.15, -0.1) is 0 Å². The fourth-order valence-corrected chi connectivity index (χ4v) is 4.95. The van der Waals surface area contributed by atoms with Crippen molar-refractivity contribution in [1.82, 2.24) is 9.55 Å². The monoisotopic (exact) mass is 500 g/mol. The molecule has 184 valence electrons. The molecule has 3 aromatic carbocycles. The number of aromatic nitrogens is 2. The smallest absolute Gasteiger partial charge is 0.328 e. The Balaban J connectivity index is 1.50. The van der Waals surface area contributed by atoms with Gasteiger partial charge in [-0.25, -0.2) is 4.79 Å². The fraction of sp³-hybridized carbons (Fsp3) is 0.241. The molecule has 0 amide bonds. The first kappa shape index (κ1) is 24.3. The van der Waals surface area contributed by atoms with E-state index in [1.165, 1.54) is 4.57 Å². The Bertz CT molecular complexity index is 1320. The molecule has 1 aliphatic rings. The largest absolute Gasteiger partial charge is 0.390 e. The Kier molecular flexibility index (Phi) is 6.98. The third-order valence-corrected chi connectivity index (χ3v) is 7.09. The topological polar surface area (TPSA) is 76.5 Å². The van der Waals surface area contributed by atoms with Gasteiger partial charge in [0.25, 0.3) is 0 Å². The van der Waals surface area contributed by atoms with Crippen LogP contribution in [0.15, 0.2) is 102 Å². The predicted molar refractivity (Wildman–Crippen MR) is 140 cm³/mol. The van der Waals surface area contributed by atoms with E-state index in [0.717, 1.165) is 22.3 Å². The third-order valence-electron chi connectivity index (χ3n) is 6.67. The summed E-state index contributed by atoms with van der Waals surface area (Å²) in [5.74, 6) is 0. The summed E-state index contributed by atoms with van der Waals surface area (Å²) >= 11 is 5.16. The third kappa shape index (κ3) is 4.58. The molecule has 3 atom stereocenters. The second-order valence-electron chi connectivity index (χ2n) is 9.00. The minimum absolute atomic E-state index is 0.118. The first-order chi connectivity index (χ1) is 17.5. The van der Waals surface area contributed by atoms with E-state index < -0.39 is 24.0 Å². The molecular formula is C29H28N2O4S. The van der Waals surface area contributed by atoms with E-state index >= 15 is 0 Å². The zero-order chi connectivity index (χ0) is 25.1. The number of benzene rings is 3. The van der Waals surface area contributed by atoms with Gasteiger partial charge >= 0.3 is 5.69 Å². The van der Waals surface area contributed by atoms with Crippen molar-refractivity contribution in [3.05, 3.63) is 135 Å². The molecule has 2 N–H and O–H groups in total. The molecule has 2 heterocycles. The average Bonchev–Trinajstić information content (AvgIpc) is 3.28. The molecule has 0 aliphatic carbocycles. The molecule has 0 saturated carbocycles. The number of hydrogen-bond donors (Lipinski definition) is 2. The number of rotatable bonds is 7. The van der Waals surface area contributed by atoms with Crippen molar-refractivity contribution in [2.24, 2.45) is 0 Å². The lowest BCUT2D eigenvalue weighted by Crippen LogP contribution is -2.38. The summed E-state index contributed by atoms with van der Waals surface area (Å²) < 4.78 is 14.8. The Labute approximate surface area is 214 Å². The van der Waals surface area contributed by atoms with Gasteiger partial charge in [-0.1, -0.05) is 103 Å². The number of nitrogens with one attached hydrogen (secondary N) is 1. The molecule has 1 aromatic heterocycles. The van der Waals surface area contributed by atoms with Crippen molar-refractivity contribution in [2.75, 3.05) is 6.61 Å². The van der Waals surface area contributed by atoms with Gasteiger partial charge in [-0.05, 0) is 23.6 Å². The minimum atomic E-state index is -0.921. The summed E-state index contributed by atoms with van der Waals surface area (Å²) in [6, 6.07) is 30.1. The lowest BCUT2D eigenvalue weighted by molar-refractivity contribution is -0.0944. The molecule has 4 aromatic rings. The Morgan fingerprint density at radius 1 is 0.972 bits per heavy atom. The van der Waals surface area contributed by atoms with Crippen molar-refractivity contribution >= 4 is 12.2 Å². The first-order valence-corrected chi connectivity index (χ1v) is 12.4. The van der Waals surface area contributed by atoms with Crippen molar-refractivity contribution < 1.29 is 14.6 Å². The molecule has 1 unspecified atom stereocenters. The summed E-state index contributed by atoms with van der Waals surface area (Å²) in [5, 5.41) is 10.9. The number of aromatic amines is 1. The zero-order valence-electron chi connectivity index (χ0n) is 19.9.